The molecule has 0 bridgehead atoms. The van der Waals surface area contributed by atoms with Crippen molar-refractivity contribution in [3.05, 3.63) is 70.3 Å². The van der Waals surface area contributed by atoms with Crippen LogP contribution in [-0.4, -0.2) is 18.4 Å². The lowest BCUT2D eigenvalue weighted by Crippen LogP contribution is -2.15. The Hall–Kier alpha value is -2.42. The van der Waals surface area contributed by atoms with Crippen molar-refractivity contribution in [2.24, 2.45) is 0 Å². The minimum Gasteiger partial charge on any atom is -0.454 e. The van der Waals surface area contributed by atoms with Gasteiger partial charge in [-0.2, -0.15) is 0 Å². The molecule has 0 heterocycles. The lowest BCUT2D eigenvalue weighted by atomic mass is 10.0. The second kappa shape index (κ2) is 6.35. The number of Topliss-reactive ketones (excluding diaryl/α,β-unsaturated/α-hetero) is 1. The van der Waals surface area contributed by atoms with Crippen molar-refractivity contribution in [2.45, 2.75) is 20.8 Å². The SMILES string of the molecule is Cc1cccc(C(=O)OCC(=O)c2cc(C)ccc2C)c1. The second-order valence-electron chi connectivity index (χ2n) is 5.19. The molecule has 0 N–H and O–H groups in total. The predicted octanol–water partition coefficient (Wildman–Crippen LogP) is 3.65. The van der Waals surface area contributed by atoms with Gasteiger partial charge >= 0.3 is 5.97 Å². The van der Waals surface area contributed by atoms with E-state index in [1.54, 1.807) is 18.2 Å². The average molecular weight is 282 g/mol. The lowest BCUT2D eigenvalue weighted by Gasteiger charge is -2.08. The fraction of sp³-hybridized carbons (Fsp3) is 0.222. The summed E-state index contributed by atoms with van der Waals surface area (Å²) in [7, 11) is 0. The highest BCUT2D eigenvalue weighted by Gasteiger charge is 2.13. The van der Waals surface area contributed by atoms with Crippen molar-refractivity contribution < 1.29 is 14.3 Å². The molecule has 2 aromatic carbocycles. The summed E-state index contributed by atoms with van der Waals surface area (Å²) < 4.78 is 5.11. The van der Waals surface area contributed by atoms with Gasteiger partial charge < -0.3 is 4.74 Å². The Kier molecular flexibility index (Phi) is 4.53. The van der Waals surface area contributed by atoms with E-state index in [2.05, 4.69) is 0 Å². The molecule has 0 atom stereocenters. The first-order chi connectivity index (χ1) is 9.97. The number of hydrogen-bond donors (Lipinski definition) is 0. The number of aryl methyl sites for hydroxylation is 3. The molecule has 0 amide bonds. The fourth-order valence-corrected chi connectivity index (χ4v) is 2.10. The fourth-order valence-electron chi connectivity index (χ4n) is 2.10. The monoisotopic (exact) mass is 282 g/mol. The molecule has 0 saturated heterocycles. The zero-order chi connectivity index (χ0) is 15.4. The van der Waals surface area contributed by atoms with Gasteiger partial charge in [-0.25, -0.2) is 4.79 Å². The number of ketones is 1. The van der Waals surface area contributed by atoms with E-state index in [1.165, 1.54) is 0 Å². The van der Waals surface area contributed by atoms with E-state index in [0.29, 0.717) is 11.1 Å². The van der Waals surface area contributed by atoms with Gasteiger partial charge in [-0.3, -0.25) is 4.79 Å². The molecule has 0 aliphatic carbocycles. The summed E-state index contributed by atoms with van der Waals surface area (Å²) in [6.07, 6.45) is 0. The minimum absolute atomic E-state index is 0.183. The number of hydrogen-bond acceptors (Lipinski definition) is 3. The summed E-state index contributed by atoms with van der Waals surface area (Å²) in [6, 6.07) is 12.8. The molecule has 0 aromatic heterocycles. The third-order valence-electron chi connectivity index (χ3n) is 3.28. The van der Waals surface area contributed by atoms with E-state index in [4.69, 9.17) is 4.74 Å². The van der Waals surface area contributed by atoms with Crippen LogP contribution in [0.1, 0.15) is 37.4 Å². The number of esters is 1. The number of rotatable bonds is 4. The molecule has 2 rings (SSSR count). The van der Waals surface area contributed by atoms with Crippen molar-refractivity contribution >= 4 is 11.8 Å². The first kappa shape index (κ1) is 15.0. The molecule has 0 fully saturated rings. The average Bonchev–Trinajstić information content (AvgIpc) is 2.47. The maximum atomic E-state index is 12.1. The van der Waals surface area contributed by atoms with Crippen LogP contribution < -0.4 is 0 Å². The van der Waals surface area contributed by atoms with Crippen molar-refractivity contribution in [3.8, 4) is 0 Å². The number of carbonyl (C=O) groups is 2. The Morgan fingerprint density at radius 3 is 2.38 bits per heavy atom. The van der Waals surface area contributed by atoms with Gasteiger partial charge in [0.05, 0.1) is 5.56 Å². The molecule has 0 spiro atoms. The van der Waals surface area contributed by atoms with Gasteiger partial charge in [-0.15, -0.1) is 0 Å². The van der Waals surface area contributed by atoms with E-state index >= 15 is 0 Å². The molecule has 2 aromatic rings. The van der Waals surface area contributed by atoms with Gasteiger partial charge in [0.2, 0.25) is 5.78 Å². The maximum absolute atomic E-state index is 12.1. The predicted molar refractivity (Wildman–Crippen MR) is 81.7 cm³/mol. The highest BCUT2D eigenvalue weighted by molar-refractivity contribution is 6.00. The summed E-state index contributed by atoms with van der Waals surface area (Å²) in [5, 5.41) is 0. The van der Waals surface area contributed by atoms with Crippen LogP contribution in [0, 0.1) is 20.8 Å². The molecule has 0 saturated carbocycles. The Bertz CT molecular complexity index is 687. The standard InChI is InChI=1S/C18H18O3/c1-12-5-4-6-15(9-12)18(20)21-11-17(19)16-10-13(2)7-8-14(16)3/h4-10H,11H2,1-3H3. The van der Waals surface area contributed by atoms with E-state index in [1.807, 2.05) is 45.0 Å². The topological polar surface area (TPSA) is 43.4 Å². The highest BCUT2D eigenvalue weighted by atomic mass is 16.5. The Labute approximate surface area is 124 Å². The molecule has 0 radical (unpaired) electrons. The Balaban J connectivity index is 2.04. The molecule has 108 valence electrons. The van der Waals surface area contributed by atoms with E-state index in [-0.39, 0.29) is 12.4 Å². The molecule has 21 heavy (non-hydrogen) atoms. The third-order valence-corrected chi connectivity index (χ3v) is 3.28. The van der Waals surface area contributed by atoms with Gasteiger partial charge in [0.25, 0.3) is 0 Å². The second-order valence-corrected chi connectivity index (χ2v) is 5.19. The summed E-state index contributed by atoms with van der Waals surface area (Å²) in [5.41, 5.74) is 3.94. The molecule has 0 aliphatic rings. The van der Waals surface area contributed by atoms with Gasteiger partial charge in [0, 0.05) is 5.56 Å². The van der Waals surface area contributed by atoms with Gasteiger partial charge in [-0.05, 0) is 44.5 Å². The minimum atomic E-state index is -0.475. The molecular formula is C18H18O3. The van der Waals surface area contributed by atoms with E-state index in [9.17, 15) is 9.59 Å². The molecule has 3 nitrogen and oxygen atoms in total. The number of carbonyl (C=O) groups excluding carboxylic acids is 2. The van der Waals surface area contributed by atoms with Crippen LogP contribution >= 0.6 is 0 Å². The van der Waals surface area contributed by atoms with Crippen LogP contribution in [0.15, 0.2) is 42.5 Å². The smallest absolute Gasteiger partial charge is 0.338 e. The van der Waals surface area contributed by atoms with Crippen molar-refractivity contribution in [2.75, 3.05) is 6.61 Å². The van der Waals surface area contributed by atoms with E-state index < -0.39 is 5.97 Å². The van der Waals surface area contributed by atoms with E-state index in [0.717, 1.165) is 16.7 Å². The van der Waals surface area contributed by atoms with Crippen LogP contribution in [0.2, 0.25) is 0 Å². The summed E-state index contributed by atoms with van der Waals surface area (Å²) in [4.78, 5) is 24.1. The van der Waals surface area contributed by atoms with Gasteiger partial charge in [-0.1, -0.05) is 35.4 Å². The van der Waals surface area contributed by atoms with Crippen LogP contribution in [0.4, 0.5) is 0 Å². The van der Waals surface area contributed by atoms with Crippen LogP contribution in [0.3, 0.4) is 0 Å². The van der Waals surface area contributed by atoms with Gasteiger partial charge in [0.1, 0.15) is 0 Å². The van der Waals surface area contributed by atoms with Crippen LogP contribution in [-0.2, 0) is 4.74 Å². The van der Waals surface area contributed by atoms with Crippen molar-refractivity contribution in [1.29, 1.82) is 0 Å². The maximum Gasteiger partial charge on any atom is 0.338 e. The summed E-state index contributed by atoms with van der Waals surface area (Å²) in [6.45, 7) is 5.46. The normalized spacial score (nSPS) is 10.2. The highest BCUT2D eigenvalue weighted by Crippen LogP contribution is 2.12. The lowest BCUT2D eigenvalue weighted by molar-refractivity contribution is 0.0474. The van der Waals surface area contributed by atoms with Crippen LogP contribution in [0.5, 0.6) is 0 Å². The largest absolute Gasteiger partial charge is 0.454 e. The quantitative estimate of drug-likeness (QED) is 0.635. The zero-order valence-corrected chi connectivity index (χ0v) is 12.5. The Morgan fingerprint density at radius 2 is 1.67 bits per heavy atom. The van der Waals surface area contributed by atoms with Crippen molar-refractivity contribution in [3.63, 3.8) is 0 Å². The molecule has 0 aliphatic heterocycles. The first-order valence-electron chi connectivity index (χ1n) is 6.81. The Morgan fingerprint density at radius 1 is 0.952 bits per heavy atom. The molecule has 0 unspecified atom stereocenters. The number of ether oxygens (including phenoxy) is 1. The number of benzene rings is 2. The first-order valence-corrected chi connectivity index (χ1v) is 6.81. The molecular weight excluding hydrogens is 264 g/mol. The van der Waals surface area contributed by atoms with Crippen LogP contribution in [0.25, 0.3) is 0 Å². The third kappa shape index (κ3) is 3.78. The van der Waals surface area contributed by atoms with Gasteiger partial charge in [0.15, 0.2) is 6.61 Å². The van der Waals surface area contributed by atoms with Crippen molar-refractivity contribution in [1.82, 2.24) is 0 Å². The summed E-state index contributed by atoms with van der Waals surface area (Å²) >= 11 is 0. The molecule has 3 heteroatoms. The summed E-state index contributed by atoms with van der Waals surface area (Å²) in [5.74, 6) is -0.658. The zero-order valence-electron chi connectivity index (χ0n) is 12.5.